The van der Waals surface area contributed by atoms with Gasteiger partial charge in [-0.05, 0) is 30.7 Å². The summed E-state index contributed by atoms with van der Waals surface area (Å²) >= 11 is 0. The smallest absolute Gasteiger partial charge is 0.222 e. The van der Waals surface area contributed by atoms with Gasteiger partial charge in [0.15, 0.2) is 0 Å². The van der Waals surface area contributed by atoms with Gasteiger partial charge in [0.05, 0.1) is 18.4 Å². The van der Waals surface area contributed by atoms with Gasteiger partial charge in [0, 0.05) is 32.4 Å². The van der Waals surface area contributed by atoms with E-state index in [2.05, 4.69) is 15.4 Å². The van der Waals surface area contributed by atoms with E-state index in [4.69, 9.17) is 9.47 Å². The molecule has 0 saturated heterocycles. The maximum Gasteiger partial charge on any atom is 0.222 e. The molecule has 0 radical (unpaired) electrons. The Morgan fingerprint density at radius 2 is 1.92 bits per heavy atom. The van der Waals surface area contributed by atoms with Crippen LogP contribution in [-0.4, -0.2) is 21.9 Å². The number of ether oxygens (including phenoxy) is 2. The van der Waals surface area contributed by atoms with E-state index in [1.807, 2.05) is 56.4 Å². The van der Waals surface area contributed by atoms with E-state index >= 15 is 0 Å². The minimum Gasteiger partial charge on any atom is -0.481 e. The Hall–Kier alpha value is -2.86. The first-order valence-electron chi connectivity index (χ1n) is 8.12. The van der Waals surface area contributed by atoms with Crippen LogP contribution in [0.25, 0.3) is 0 Å². The Balaban J connectivity index is 1.69. The number of rotatable bonds is 7. The SMILES string of the molecule is COc1cc(CNCc2c(C)nn(C)c2Oc2ccccc2)ccn1. The highest BCUT2D eigenvalue weighted by Gasteiger charge is 2.15. The van der Waals surface area contributed by atoms with E-state index in [1.54, 1.807) is 18.0 Å². The predicted molar refractivity (Wildman–Crippen MR) is 95.8 cm³/mol. The zero-order valence-electron chi connectivity index (χ0n) is 14.7. The quantitative estimate of drug-likeness (QED) is 0.717. The fourth-order valence-corrected chi connectivity index (χ4v) is 2.62. The fourth-order valence-electron chi connectivity index (χ4n) is 2.62. The first kappa shape index (κ1) is 17.0. The molecule has 0 aliphatic rings. The van der Waals surface area contributed by atoms with E-state index in [0.29, 0.717) is 19.0 Å². The Kier molecular flexibility index (Phi) is 5.30. The van der Waals surface area contributed by atoms with Gasteiger partial charge in [-0.15, -0.1) is 0 Å². The van der Waals surface area contributed by atoms with Crippen LogP contribution < -0.4 is 14.8 Å². The summed E-state index contributed by atoms with van der Waals surface area (Å²) < 4.78 is 13.0. The number of methoxy groups -OCH3 is 1. The number of pyridine rings is 1. The summed E-state index contributed by atoms with van der Waals surface area (Å²) in [4.78, 5) is 4.12. The van der Waals surface area contributed by atoms with Gasteiger partial charge in [0.1, 0.15) is 5.75 Å². The van der Waals surface area contributed by atoms with Crippen molar-refractivity contribution in [3.05, 3.63) is 65.5 Å². The van der Waals surface area contributed by atoms with Gasteiger partial charge in [0.25, 0.3) is 0 Å². The number of aryl methyl sites for hydroxylation is 2. The van der Waals surface area contributed by atoms with Gasteiger partial charge in [-0.3, -0.25) is 0 Å². The zero-order valence-corrected chi connectivity index (χ0v) is 14.7. The van der Waals surface area contributed by atoms with Crippen LogP contribution in [0.5, 0.6) is 17.5 Å². The largest absolute Gasteiger partial charge is 0.481 e. The van der Waals surface area contributed by atoms with E-state index in [1.165, 1.54) is 0 Å². The minimum absolute atomic E-state index is 0.616. The molecule has 6 heteroatoms. The van der Waals surface area contributed by atoms with Gasteiger partial charge < -0.3 is 14.8 Å². The lowest BCUT2D eigenvalue weighted by atomic mass is 10.2. The summed E-state index contributed by atoms with van der Waals surface area (Å²) in [6.45, 7) is 3.36. The Morgan fingerprint density at radius 1 is 1.12 bits per heavy atom. The van der Waals surface area contributed by atoms with Gasteiger partial charge in [-0.25, -0.2) is 9.67 Å². The molecule has 2 heterocycles. The monoisotopic (exact) mass is 338 g/mol. The van der Waals surface area contributed by atoms with Crippen molar-refractivity contribution < 1.29 is 9.47 Å². The number of aromatic nitrogens is 3. The number of nitrogens with zero attached hydrogens (tertiary/aromatic N) is 3. The second-order valence-corrected chi connectivity index (χ2v) is 5.72. The van der Waals surface area contributed by atoms with Crippen molar-refractivity contribution in [1.82, 2.24) is 20.1 Å². The second kappa shape index (κ2) is 7.81. The molecule has 0 aliphatic heterocycles. The van der Waals surface area contributed by atoms with Crippen LogP contribution in [0, 0.1) is 6.92 Å². The summed E-state index contributed by atoms with van der Waals surface area (Å²) in [5, 5.41) is 7.91. The van der Waals surface area contributed by atoms with Crippen molar-refractivity contribution in [2.45, 2.75) is 20.0 Å². The molecule has 25 heavy (non-hydrogen) atoms. The third-order valence-corrected chi connectivity index (χ3v) is 3.89. The number of para-hydroxylation sites is 1. The average molecular weight is 338 g/mol. The Bertz CT molecular complexity index is 831. The van der Waals surface area contributed by atoms with Crippen LogP contribution in [0.2, 0.25) is 0 Å². The van der Waals surface area contributed by atoms with Crippen LogP contribution >= 0.6 is 0 Å². The first-order valence-corrected chi connectivity index (χ1v) is 8.12. The number of nitrogens with one attached hydrogen (secondary N) is 1. The third-order valence-electron chi connectivity index (χ3n) is 3.89. The Morgan fingerprint density at radius 3 is 2.68 bits per heavy atom. The molecule has 0 spiro atoms. The summed E-state index contributed by atoms with van der Waals surface area (Å²) in [6.07, 6.45) is 1.75. The highest BCUT2D eigenvalue weighted by atomic mass is 16.5. The lowest BCUT2D eigenvalue weighted by Crippen LogP contribution is -2.14. The summed E-state index contributed by atoms with van der Waals surface area (Å²) in [5.74, 6) is 2.17. The fraction of sp³-hybridized carbons (Fsp3) is 0.263. The van der Waals surface area contributed by atoms with E-state index < -0.39 is 0 Å². The molecule has 130 valence electrons. The zero-order chi connectivity index (χ0) is 17.6. The Labute approximate surface area is 147 Å². The van der Waals surface area contributed by atoms with Crippen LogP contribution in [0.4, 0.5) is 0 Å². The third kappa shape index (κ3) is 4.16. The molecule has 6 nitrogen and oxygen atoms in total. The molecule has 0 aliphatic carbocycles. The van der Waals surface area contributed by atoms with Crippen molar-refractivity contribution in [3.8, 4) is 17.5 Å². The van der Waals surface area contributed by atoms with Gasteiger partial charge >= 0.3 is 0 Å². The molecule has 2 aromatic heterocycles. The van der Waals surface area contributed by atoms with Gasteiger partial charge in [-0.2, -0.15) is 5.10 Å². The summed E-state index contributed by atoms with van der Waals surface area (Å²) in [7, 11) is 3.51. The van der Waals surface area contributed by atoms with Crippen molar-refractivity contribution in [3.63, 3.8) is 0 Å². The lowest BCUT2D eigenvalue weighted by molar-refractivity contribution is 0.397. The van der Waals surface area contributed by atoms with Crippen molar-refractivity contribution in [2.24, 2.45) is 7.05 Å². The molecule has 1 aromatic carbocycles. The van der Waals surface area contributed by atoms with Crippen LogP contribution in [-0.2, 0) is 20.1 Å². The van der Waals surface area contributed by atoms with Gasteiger partial charge in [0.2, 0.25) is 11.8 Å². The van der Waals surface area contributed by atoms with Crippen LogP contribution in [0.3, 0.4) is 0 Å². The number of hydrogen-bond acceptors (Lipinski definition) is 5. The molecule has 0 saturated carbocycles. The number of hydrogen-bond donors (Lipinski definition) is 1. The topological polar surface area (TPSA) is 61.2 Å². The first-order chi connectivity index (χ1) is 12.2. The highest BCUT2D eigenvalue weighted by molar-refractivity contribution is 5.35. The molecule has 3 aromatic rings. The highest BCUT2D eigenvalue weighted by Crippen LogP contribution is 2.27. The number of benzene rings is 1. The summed E-state index contributed by atoms with van der Waals surface area (Å²) in [6, 6.07) is 13.6. The maximum atomic E-state index is 6.03. The predicted octanol–water partition coefficient (Wildman–Crippen LogP) is 3.21. The molecule has 3 rings (SSSR count). The van der Waals surface area contributed by atoms with E-state index in [-0.39, 0.29) is 0 Å². The van der Waals surface area contributed by atoms with E-state index in [0.717, 1.165) is 28.5 Å². The lowest BCUT2D eigenvalue weighted by Gasteiger charge is -2.10. The van der Waals surface area contributed by atoms with Crippen molar-refractivity contribution >= 4 is 0 Å². The normalized spacial score (nSPS) is 10.7. The summed E-state index contributed by atoms with van der Waals surface area (Å²) in [5.41, 5.74) is 3.11. The molecule has 0 atom stereocenters. The van der Waals surface area contributed by atoms with Crippen LogP contribution in [0.1, 0.15) is 16.8 Å². The standard InChI is InChI=1S/C19H22N4O2/c1-14-17(13-20-12-15-9-10-21-18(11-15)24-3)19(23(2)22-14)25-16-7-5-4-6-8-16/h4-11,20H,12-13H2,1-3H3. The molecule has 1 N–H and O–H groups in total. The molecule has 0 fully saturated rings. The van der Waals surface area contributed by atoms with Crippen LogP contribution in [0.15, 0.2) is 48.7 Å². The van der Waals surface area contributed by atoms with E-state index in [9.17, 15) is 0 Å². The van der Waals surface area contributed by atoms with Crippen molar-refractivity contribution in [1.29, 1.82) is 0 Å². The molecular weight excluding hydrogens is 316 g/mol. The molecular formula is C19H22N4O2. The van der Waals surface area contributed by atoms with Gasteiger partial charge in [-0.1, -0.05) is 18.2 Å². The molecule has 0 amide bonds. The average Bonchev–Trinajstić information content (AvgIpc) is 2.90. The van der Waals surface area contributed by atoms with Crippen molar-refractivity contribution in [2.75, 3.05) is 7.11 Å². The second-order valence-electron chi connectivity index (χ2n) is 5.72. The maximum absolute atomic E-state index is 6.03. The molecule has 0 unspecified atom stereocenters. The minimum atomic E-state index is 0.616. The molecule has 0 bridgehead atoms.